The molecule has 0 spiro atoms. The molecule has 170 valence electrons. The van der Waals surface area contributed by atoms with Crippen LogP contribution in [0.3, 0.4) is 0 Å². The molecule has 1 fully saturated rings. The Hall–Kier alpha value is -3.82. The number of carbonyl (C=O) groups excluding carboxylic acids is 1. The molecule has 4 heterocycles. The van der Waals surface area contributed by atoms with Crippen LogP contribution in [0, 0.1) is 13.8 Å². The number of para-hydroxylation sites is 2. The van der Waals surface area contributed by atoms with Crippen molar-refractivity contribution < 1.29 is 9.53 Å². The Morgan fingerprint density at radius 2 is 1.82 bits per heavy atom. The summed E-state index contributed by atoms with van der Waals surface area (Å²) in [4.78, 5) is 32.6. The number of aryl methyl sites for hydroxylation is 3. The number of benzene rings is 1. The first-order valence-electron chi connectivity index (χ1n) is 11.0. The highest BCUT2D eigenvalue weighted by Gasteiger charge is 2.33. The Kier molecular flexibility index (Phi) is 5.27. The van der Waals surface area contributed by atoms with Crippen molar-refractivity contribution in [1.29, 1.82) is 0 Å². The normalized spacial score (nSPS) is 14.0. The third-order valence-corrected chi connectivity index (χ3v) is 5.81. The van der Waals surface area contributed by atoms with E-state index in [9.17, 15) is 4.79 Å². The van der Waals surface area contributed by atoms with Crippen LogP contribution < -0.4 is 4.90 Å². The van der Waals surface area contributed by atoms with Crippen LogP contribution in [0.1, 0.15) is 36.1 Å². The fraction of sp³-hybridized carbons (Fsp3) is 0.391. The van der Waals surface area contributed by atoms with Crippen molar-refractivity contribution in [3.63, 3.8) is 0 Å². The van der Waals surface area contributed by atoms with Crippen molar-refractivity contribution >= 4 is 22.8 Å². The fourth-order valence-electron chi connectivity index (χ4n) is 4.26. The molecule has 33 heavy (non-hydrogen) atoms. The van der Waals surface area contributed by atoms with E-state index in [2.05, 4.69) is 42.6 Å². The zero-order valence-electron chi connectivity index (χ0n) is 19.2. The van der Waals surface area contributed by atoms with Gasteiger partial charge in [-0.1, -0.05) is 12.1 Å². The molecule has 10 nitrogen and oxygen atoms in total. The maximum absolute atomic E-state index is 12.0. The van der Waals surface area contributed by atoms with Gasteiger partial charge >= 0.3 is 5.97 Å². The average molecular weight is 447 g/mol. The van der Waals surface area contributed by atoms with Crippen LogP contribution in [0.5, 0.6) is 0 Å². The van der Waals surface area contributed by atoms with Gasteiger partial charge in [-0.25, -0.2) is 19.9 Å². The molecule has 3 aromatic heterocycles. The molecular formula is C23H26N8O2. The summed E-state index contributed by atoms with van der Waals surface area (Å²) in [6.45, 7) is 7.38. The summed E-state index contributed by atoms with van der Waals surface area (Å²) in [5.41, 5.74) is 2.16. The van der Waals surface area contributed by atoms with Gasteiger partial charge < -0.3 is 14.2 Å². The van der Waals surface area contributed by atoms with E-state index in [-0.39, 0.29) is 12.4 Å². The van der Waals surface area contributed by atoms with Gasteiger partial charge in [-0.05, 0) is 32.9 Å². The molecule has 1 aliphatic heterocycles. The van der Waals surface area contributed by atoms with E-state index < -0.39 is 0 Å². The summed E-state index contributed by atoms with van der Waals surface area (Å²) in [5, 5.41) is 4.45. The van der Waals surface area contributed by atoms with Gasteiger partial charge in [-0.2, -0.15) is 4.68 Å². The number of hydrogen-bond acceptors (Lipinski definition) is 8. The number of anilines is 1. The largest absolute Gasteiger partial charge is 0.466 e. The van der Waals surface area contributed by atoms with Crippen LogP contribution in [0.25, 0.3) is 16.9 Å². The second-order valence-electron chi connectivity index (χ2n) is 8.22. The van der Waals surface area contributed by atoms with Gasteiger partial charge in [0.2, 0.25) is 0 Å². The molecular weight excluding hydrogens is 420 g/mol. The maximum atomic E-state index is 12.0. The predicted molar refractivity (Wildman–Crippen MR) is 122 cm³/mol. The molecule has 1 aliphatic rings. The lowest BCUT2D eigenvalue weighted by Crippen LogP contribution is -2.46. The van der Waals surface area contributed by atoms with E-state index in [4.69, 9.17) is 9.72 Å². The van der Waals surface area contributed by atoms with E-state index in [1.54, 1.807) is 18.5 Å². The van der Waals surface area contributed by atoms with Crippen LogP contribution in [0.4, 0.5) is 5.82 Å². The molecule has 0 radical (unpaired) electrons. The topological polar surface area (TPSA) is 104 Å². The first-order chi connectivity index (χ1) is 15.9. The van der Waals surface area contributed by atoms with Crippen molar-refractivity contribution in [3.05, 3.63) is 53.6 Å². The summed E-state index contributed by atoms with van der Waals surface area (Å²) < 4.78 is 8.85. The molecule has 0 aliphatic carbocycles. The average Bonchev–Trinajstić information content (AvgIpc) is 3.27. The van der Waals surface area contributed by atoms with Gasteiger partial charge in [0.1, 0.15) is 35.5 Å². The smallest absolute Gasteiger partial charge is 0.313 e. The molecule has 0 saturated carbocycles. The molecule has 10 heteroatoms. The van der Waals surface area contributed by atoms with Crippen LogP contribution in [-0.2, 0) is 23.0 Å². The molecule has 1 saturated heterocycles. The van der Waals surface area contributed by atoms with Crippen molar-refractivity contribution in [2.24, 2.45) is 7.05 Å². The summed E-state index contributed by atoms with van der Waals surface area (Å²) >= 11 is 0. The first-order valence-corrected chi connectivity index (χ1v) is 11.0. The first kappa shape index (κ1) is 21.0. The molecule has 1 aromatic carbocycles. The van der Waals surface area contributed by atoms with Crippen molar-refractivity contribution in [3.8, 4) is 5.82 Å². The predicted octanol–water partition coefficient (Wildman–Crippen LogP) is 2.27. The van der Waals surface area contributed by atoms with Gasteiger partial charge in [0.05, 0.1) is 23.6 Å². The number of ether oxygens (including phenoxy) is 1. The Bertz CT molecular complexity index is 1340. The van der Waals surface area contributed by atoms with Crippen LogP contribution in [-0.4, -0.2) is 59.9 Å². The lowest BCUT2D eigenvalue weighted by molar-refractivity contribution is -0.142. The Morgan fingerprint density at radius 1 is 1.06 bits per heavy atom. The number of fused-ring (bicyclic) bond motifs is 1. The van der Waals surface area contributed by atoms with Crippen LogP contribution >= 0.6 is 0 Å². The molecule has 0 N–H and O–H groups in total. The third-order valence-electron chi connectivity index (χ3n) is 5.81. The van der Waals surface area contributed by atoms with E-state index in [0.29, 0.717) is 35.8 Å². The SMILES string of the molecule is CCOC(=O)Cc1nc(C)nn1-c1cc(N2CC(c3nc4ccccc4n3C)C2)nc(C)n1. The number of esters is 1. The van der Waals surface area contributed by atoms with E-state index >= 15 is 0 Å². The lowest BCUT2D eigenvalue weighted by atomic mass is 9.99. The van der Waals surface area contributed by atoms with Crippen molar-refractivity contribution in [2.45, 2.75) is 33.1 Å². The number of rotatable bonds is 6. The third kappa shape index (κ3) is 3.92. The number of imidazole rings is 1. The highest BCUT2D eigenvalue weighted by atomic mass is 16.5. The van der Waals surface area contributed by atoms with Gasteiger partial charge in [0, 0.05) is 26.2 Å². The van der Waals surface area contributed by atoms with Gasteiger partial charge in [-0.3, -0.25) is 4.79 Å². The molecule has 0 amide bonds. The van der Waals surface area contributed by atoms with Crippen molar-refractivity contribution in [1.82, 2.24) is 34.3 Å². The molecule has 0 bridgehead atoms. The fourth-order valence-corrected chi connectivity index (χ4v) is 4.26. The summed E-state index contributed by atoms with van der Waals surface area (Å²) in [7, 11) is 2.07. The minimum Gasteiger partial charge on any atom is -0.466 e. The number of nitrogens with zero attached hydrogens (tertiary/aromatic N) is 8. The zero-order chi connectivity index (χ0) is 23.1. The molecule has 0 unspecified atom stereocenters. The number of carbonyl (C=O) groups is 1. The quantitative estimate of drug-likeness (QED) is 0.416. The second kappa shape index (κ2) is 8.27. The Balaban J connectivity index is 1.38. The molecule has 5 rings (SSSR count). The van der Waals surface area contributed by atoms with E-state index in [1.165, 1.54) is 0 Å². The highest BCUT2D eigenvalue weighted by Crippen LogP contribution is 2.32. The lowest BCUT2D eigenvalue weighted by Gasteiger charge is -2.39. The number of aromatic nitrogens is 7. The summed E-state index contributed by atoms with van der Waals surface area (Å²) in [6, 6.07) is 10.1. The molecule has 4 aromatic rings. The van der Waals surface area contributed by atoms with Crippen LogP contribution in [0.2, 0.25) is 0 Å². The monoisotopic (exact) mass is 446 g/mol. The van der Waals surface area contributed by atoms with Gasteiger partial charge in [0.25, 0.3) is 0 Å². The zero-order valence-corrected chi connectivity index (χ0v) is 19.2. The van der Waals surface area contributed by atoms with Crippen LogP contribution in [0.15, 0.2) is 30.3 Å². The Morgan fingerprint density at radius 3 is 2.58 bits per heavy atom. The van der Waals surface area contributed by atoms with Gasteiger partial charge in [-0.15, -0.1) is 5.10 Å². The highest BCUT2D eigenvalue weighted by molar-refractivity contribution is 5.76. The standard InChI is InChI=1S/C23H26N8O2/c1-5-33-22(32)11-21-26-15(3)28-31(21)20-10-19(24-14(2)25-20)30-12-16(13-30)23-27-17-8-6-7-9-18(17)29(23)4/h6-10,16H,5,11-13H2,1-4H3. The summed E-state index contributed by atoms with van der Waals surface area (Å²) in [6.07, 6.45) is 0.0333. The molecule has 0 atom stereocenters. The minimum atomic E-state index is -0.342. The van der Waals surface area contributed by atoms with E-state index in [0.717, 1.165) is 35.8 Å². The second-order valence-corrected chi connectivity index (χ2v) is 8.22. The maximum Gasteiger partial charge on any atom is 0.313 e. The van der Waals surface area contributed by atoms with Crippen molar-refractivity contribution in [2.75, 3.05) is 24.6 Å². The Labute approximate surface area is 191 Å². The number of hydrogen-bond donors (Lipinski definition) is 0. The van der Waals surface area contributed by atoms with E-state index in [1.807, 2.05) is 31.2 Å². The van der Waals surface area contributed by atoms with Gasteiger partial charge in [0.15, 0.2) is 5.82 Å². The minimum absolute atomic E-state index is 0.0333. The summed E-state index contributed by atoms with van der Waals surface area (Å²) in [5.74, 6) is 4.17.